The van der Waals surface area contributed by atoms with Crippen molar-refractivity contribution in [3.05, 3.63) is 59.8 Å². The summed E-state index contributed by atoms with van der Waals surface area (Å²) in [5.74, 6) is 0. The third-order valence-electron chi connectivity index (χ3n) is 3.02. The molecule has 4 N–H and O–H groups in total. The molecule has 0 aromatic heterocycles. The lowest BCUT2D eigenvalue weighted by molar-refractivity contribution is 0.555. The predicted octanol–water partition coefficient (Wildman–Crippen LogP) is 0.752. The van der Waals surface area contributed by atoms with E-state index >= 15 is 0 Å². The molecule has 1 aromatic carbocycles. The molecule has 4 heteroatoms. The van der Waals surface area contributed by atoms with Gasteiger partial charge in [0.1, 0.15) is 0 Å². The van der Waals surface area contributed by atoms with E-state index in [1.807, 2.05) is 12.3 Å². The molecule has 2 aliphatic rings. The maximum Gasteiger partial charge on any atom is 0.0978 e. The second kappa shape index (κ2) is 4.71. The summed E-state index contributed by atoms with van der Waals surface area (Å²) < 4.78 is 0. The van der Waals surface area contributed by atoms with Gasteiger partial charge in [0.15, 0.2) is 0 Å². The average Bonchev–Trinajstić information content (AvgIpc) is 2.90. The van der Waals surface area contributed by atoms with E-state index in [2.05, 4.69) is 57.9 Å². The molecule has 88 valence electrons. The van der Waals surface area contributed by atoms with Crippen molar-refractivity contribution in [3.8, 4) is 0 Å². The van der Waals surface area contributed by atoms with Crippen molar-refractivity contribution in [2.45, 2.75) is 12.3 Å². The Bertz CT molecular complexity index is 438. The van der Waals surface area contributed by atoms with Crippen molar-refractivity contribution in [1.82, 2.24) is 21.5 Å². The summed E-state index contributed by atoms with van der Waals surface area (Å²) in [6.45, 7) is 0.891. The fourth-order valence-corrected chi connectivity index (χ4v) is 2.10. The minimum atomic E-state index is 0.158. The highest BCUT2D eigenvalue weighted by molar-refractivity contribution is 5.29. The number of nitrogens with one attached hydrogen (secondary N) is 4. The number of dihydropyridines is 1. The van der Waals surface area contributed by atoms with E-state index in [0.29, 0.717) is 0 Å². The van der Waals surface area contributed by atoms with Crippen LogP contribution in [0.5, 0.6) is 0 Å². The Labute approximate surface area is 101 Å². The van der Waals surface area contributed by atoms with Crippen LogP contribution in [0, 0.1) is 0 Å². The Morgan fingerprint density at radius 2 is 1.82 bits per heavy atom. The molecule has 4 nitrogen and oxygen atoms in total. The van der Waals surface area contributed by atoms with Gasteiger partial charge in [-0.15, -0.1) is 0 Å². The molecular formula is C13H16N4. The summed E-state index contributed by atoms with van der Waals surface area (Å²) in [5.41, 5.74) is 9.03. The molecule has 0 radical (unpaired) electrons. The molecule has 3 rings (SSSR count). The van der Waals surface area contributed by atoms with Gasteiger partial charge in [-0.05, 0) is 23.4 Å². The van der Waals surface area contributed by atoms with Crippen molar-refractivity contribution in [2.24, 2.45) is 0 Å². The van der Waals surface area contributed by atoms with Crippen LogP contribution in [0.2, 0.25) is 0 Å². The van der Waals surface area contributed by atoms with E-state index in [1.165, 1.54) is 11.1 Å². The third-order valence-corrected chi connectivity index (χ3v) is 3.02. The lowest BCUT2D eigenvalue weighted by Gasteiger charge is -2.16. The van der Waals surface area contributed by atoms with Crippen LogP contribution >= 0.6 is 0 Å². The molecule has 1 fully saturated rings. The number of hydrogen-bond acceptors (Lipinski definition) is 4. The van der Waals surface area contributed by atoms with Gasteiger partial charge in [0, 0.05) is 6.54 Å². The molecule has 1 saturated heterocycles. The first-order valence-electron chi connectivity index (χ1n) is 5.85. The Hall–Kier alpha value is -1.62. The van der Waals surface area contributed by atoms with Crippen molar-refractivity contribution < 1.29 is 0 Å². The first kappa shape index (κ1) is 10.5. The average molecular weight is 228 g/mol. The smallest absolute Gasteiger partial charge is 0.0978 e. The van der Waals surface area contributed by atoms with Gasteiger partial charge < -0.3 is 5.32 Å². The van der Waals surface area contributed by atoms with Gasteiger partial charge in [0.05, 0.1) is 12.3 Å². The van der Waals surface area contributed by atoms with Crippen molar-refractivity contribution in [3.63, 3.8) is 0 Å². The molecule has 0 amide bonds. The molecule has 2 unspecified atom stereocenters. The summed E-state index contributed by atoms with van der Waals surface area (Å²) in [6, 6.07) is 10.4. The van der Waals surface area contributed by atoms with Crippen LogP contribution in [0.25, 0.3) is 0 Å². The molecular weight excluding hydrogens is 212 g/mol. The SMILES string of the molecule is C1=CC(C2NNC(c3ccccc3)N2)=CCN1. The maximum atomic E-state index is 3.51. The Morgan fingerprint density at radius 3 is 2.59 bits per heavy atom. The summed E-state index contributed by atoms with van der Waals surface area (Å²) in [7, 11) is 0. The highest BCUT2D eigenvalue weighted by Crippen LogP contribution is 2.16. The molecule has 2 heterocycles. The van der Waals surface area contributed by atoms with Gasteiger partial charge >= 0.3 is 0 Å². The summed E-state index contributed by atoms with van der Waals surface area (Å²) >= 11 is 0. The van der Waals surface area contributed by atoms with E-state index in [0.717, 1.165) is 6.54 Å². The lowest BCUT2D eigenvalue weighted by Crippen LogP contribution is -2.36. The van der Waals surface area contributed by atoms with Gasteiger partial charge in [-0.3, -0.25) is 5.32 Å². The van der Waals surface area contributed by atoms with Crippen LogP contribution in [0.15, 0.2) is 54.3 Å². The Balaban J connectivity index is 1.70. The summed E-state index contributed by atoms with van der Waals surface area (Å²) in [6.07, 6.45) is 6.57. The minimum absolute atomic E-state index is 0.158. The van der Waals surface area contributed by atoms with Crippen LogP contribution in [0.4, 0.5) is 0 Å². The Morgan fingerprint density at radius 1 is 1.00 bits per heavy atom. The summed E-state index contributed by atoms with van der Waals surface area (Å²) in [5, 5.41) is 6.66. The van der Waals surface area contributed by atoms with E-state index in [-0.39, 0.29) is 12.3 Å². The van der Waals surface area contributed by atoms with Gasteiger partial charge in [-0.2, -0.15) is 0 Å². The first-order chi connectivity index (χ1) is 8.43. The van der Waals surface area contributed by atoms with Crippen LogP contribution in [-0.2, 0) is 0 Å². The van der Waals surface area contributed by atoms with E-state index in [4.69, 9.17) is 0 Å². The highest BCUT2D eigenvalue weighted by atomic mass is 15.5. The molecule has 1 aromatic rings. The fourth-order valence-electron chi connectivity index (χ4n) is 2.10. The largest absolute Gasteiger partial charge is 0.387 e. The second-order valence-corrected chi connectivity index (χ2v) is 4.18. The minimum Gasteiger partial charge on any atom is -0.387 e. The van der Waals surface area contributed by atoms with E-state index < -0.39 is 0 Å². The monoisotopic (exact) mass is 228 g/mol. The molecule has 17 heavy (non-hydrogen) atoms. The van der Waals surface area contributed by atoms with Crippen LogP contribution in [0.3, 0.4) is 0 Å². The van der Waals surface area contributed by atoms with Crippen LogP contribution < -0.4 is 21.5 Å². The molecule has 2 aliphatic heterocycles. The highest BCUT2D eigenvalue weighted by Gasteiger charge is 2.25. The zero-order valence-corrected chi connectivity index (χ0v) is 9.48. The zero-order chi connectivity index (χ0) is 11.5. The molecule has 0 saturated carbocycles. The van der Waals surface area contributed by atoms with E-state index in [9.17, 15) is 0 Å². The van der Waals surface area contributed by atoms with Gasteiger partial charge in [0.2, 0.25) is 0 Å². The quantitative estimate of drug-likeness (QED) is 0.603. The van der Waals surface area contributed by atoms with Crippen LogP contribution in [0.1, 0.15) is 11.7 Å². The topological polar surface area (TPSA) is 48.1 Å². The number of hydrazine groups is 1. The third kappa shape index (κ3) is 2.24. The molecule has 2 atom stereocenters. The van der Waals surface area contributed by atoms with E-state index in [1.54, 1.807) is 0 Å². The number of rotatable bonds is 2. The van der Waals surface area contributed by atoms with Gasteiger partial charge in [-0.25, -0.2) is 10.9 Å². The normalized spacial score (nSPS) is 27.6. The lowest BCUT2D eigenvalue weighted by atomic mass is 10.1. The second-order valence-electron chi connectivity index (χ2n) is 4.18. The van der Waals surface area contributed by atoms with Crippen molar-refractivity contribution >= 4 is 0 Å². The predicted molar refractivity (Wildman–Crippen MR) is 67.6 cm³/mol. The van der Waals surface area contributed by atoms with Gasteiger partial charge in [-0.1, -0.05) is 36.4 Å². The molecule has 0 aliphatic carbocycles. The standard InChI is InChI=1S/C13H16N4/c1-2-4-10(5-3-1)12-15-13(17-16-12)11-6-8-14-9-7-11/h1-8,12-17H,9H2. The van der Waals surface area contributed by atoms with Crippen molar-refractivity contribution in [1.29, 1.82) is 0 Å². The number of hydrogen-bond donors (Lipinski definition) is 4. The zero-order valence-electron chi connectivity index (χ0n) is 9.48. The van der Waals surface area contributed by atoms with Gasteiger partial charge in [0.25, 0.3) is 0 Å². The molecule has 0 bridgehead atoms. The van der Waals surface area contributed by atoms with Crippen molar-refractivity contribution in [2.75, 3.05) is 6.54 Å². The molecule has 0 spiro atoms. The maximum absolute atomic E-state index is 3.51. The summed E-state index contributed by atoms with van der Waals surface area (Å²) in [4.78, 5) is 0. The van der Waals surface area contributed by atoms with Crippen LogP contribution in [-0.4, -0.2) is 12.7 Å². The fraction of sp³-hybridized carbons (Fsp3) is 0.231. The Kier molecular flexibility index (Phi) is 2.92. The number of benzene rings is 1. The first-order valence-corrected chi connectivity index (χ1v) is 5.85.